The van der Waals surface area contributed by atoms with Crippen molar-refractivity contribution in [2.45, 2.75) is 12.8 Å². The van der Waals surface area contributed by atoms with E-state index < -0.39 is 5.97 Å². The van der Waals surface area contributed by atoms with Crippen LogP contribution in [0, 0.1) is 11.3 Å². The topological polar surface area (TPSA) is 59.3 Å². The molecule has 0 aliphatic rings. The molecule has 62 valence electrons. The molecule has 0 aromatic carbocycles. The van der Waals surface area contributed by atoms with Gasteiger partial charge in [-0.3, -0.25) is 4.79 Å². The van der Waals surface area contributed by atoms with Gasteiger partial charge in [0.25, 0.3) is 0 Å². The van der Waals surface area contributed by atoms with Gasteiger partial charge >= 0.3 is 5.97 Å². The third-order valence-corrected chi connectivity index (χ3v) is 0.979. The Morgan fingerprint density at radius 1 is 1.55 bits per heavy atom. The summed E-state index contributed by atoms with van der Waals surface area (Å²) in [5, 5.41) is 8.06. The van der Waals surface area contributed by atoms with Gasteiger partial charge in [-0.1, -0.05) is 0 Å². The molecule has 0 aromatic heterocycles. The van der Waals surface area contributed by atoms with Gasteiger partial charge in [0.15, 0.2) is 0 Å². The zero-order valence-corrected chi connectivity index (χ0v) is 6.50. The molecule has 11 heavy (non-hydrogen) atoms. The lowest BCUT2D eigenvalue weighted by Gasteiger charge is -2.00. The molecular weight excluding hydrogens is 146 g/mol. The van der Waals surface area contributed by atoms with E-state index in [0.717, 1.165) is 0 Å². The highest BCUT2D eigenvalue weighted by Crippen LogP contribution is 1.87. The Kier molecular flexibility index (Phi) is 6.34. The Morgan fingerprint density at radius 2 is 2.27 bits per heavy atom. The molecule has 0 amide bonds. The maximum absolute atomic E-state index is 10.5. The van der Waals surface area contributed by atoms with Crippen LogP contribution in [0.3, 0.4) is 0 Å². The zero-order valence-electron chi connectivity index (χ0n) is 6.50. The van der Waals surface area contributed by atoms with E-state index in [1.165, 1.54) is 0 Å². The first-order chi connectivity index (χ1) is 5.31. The van der Waals surface area contributed by atoms with Gasteiger partial charge in [0, 0.05) is 20.1 Å². The summed E-state index contributed by atoms with van der Waals surface area (Å²) in [6.07, 6.45) is 0.501. The molecule has 0 rings (SSSR count). The monoisotopic (exact) mass is 157 g/mol. The number of rotatable bonds is 5. The fraction of sp³-hybridized carbons (Fsp3) is 0.714. The van der Waals surface area contributed by atoms with Crippen molar-refractivity contribution in [2.24, 2.45) is 0 Å². The molecule has 0 unspecified atom stereocenters. The predicted molar refractivity (Wildman–Crippen MR) is 37.7 cm³/mol. The molecule has 0 radical (unpaired) electrons. The molecule has 0 N–H and O–H groups in total. The first-order valence-electron chi connectivity index (χ1n) is 3.32. The fourth-order valence-electron chi connectivity index (χ4n) is 0.505. The van der Waals surface area contributed by atoms with Gasteiger partial charge in [0.05, 0.1) is 12.7 Å². The highest BCUT2D eigenvalue weighted by Gasteiger charge is 1.99. The van der Waals surface area contributed by atoms with Crippen molar-refractivity contribution < 1.29 is 14.3 Å². The lowest BCUT2D eigenvalue weighted by molar-refractivity contribution is -0.142. The molecule has 0 bridgehead atoms. The molecule has 0 aliphatic heterocycles. The number of ether oxygens (including phenoxy) is 2. The van der Waals surface area contributed by atoms with Gasteiger partial charge in [-0.25, -0.2) is 0 Å². The van der Waals surface area contributed by atoms with Gasteiger partial charge in [-0.05, 0) is 0 Å². The molecule has 0 saturated carbocycles. The molecule has 0 aromatic rings. The van der Waals surface area contributed by atoms with E-state index in [0.29, 0.717) is 19.6 Å². The summed E-state index contributed by atoms with van der Waals surface area (Å²) in [4.78, 5) is 10.5. The standard InChI is InChI=1S/C7H11NO3/c1-10-5-2-6-11-7(9)3-4-8/h2-3,5-6H2,1H3. The van der Waals surface area contributed by atoms with Gasteiger partial charge in [0.1, 0.15) is 6.42 Å². The normalized spacial score (nSPS) is 8.73. The molecular formula is C7H11NO3. The first-order valence-corrected chi connectivity index (χ1v) is 3.32. The number of hydrogen-bond donors (Lipinski definition) is 0. The van der Waals surface area contributed by atoms with E-state index in [1.807, 2.05) is 0 Å². The predicted octanol–water partition coefficient (Wildman–Crippen LogP) is 0.480. The van der Waals surface area contributed by atoms with E-state index in [1.54, 1.807) is 13.2 Å². The van der Waals surface area contributed by atoms with Crippen LogP contribution in [0.15, 0.2) is 0 Å². The van der Waals surface area contributed by atoms with Crippen molar-refractivity contribution in [3.8, 4) is 6.07 Å². The van der Waals surface area contributed by atoms with Crippen molar-refractivity contribution in [1.29, 1.82) is 5.26 Å². The smallest absolute Gasteiger partial charge is 0.320 e. The second-order valence-electron chi connectivity index (χ2n) is 1.90. The Bertz CT molecular complexity index is 150. The largest absolute Gasteiger partial charge is 0.465 e. The highest BCUT2D eigenvalue weighted by atomic mass is 16.5. The first kappa shape index (κ1) is 9.92. The molecule has 0 atom stereocenters. The molecule has 4 nitrogen and oxygen atoms in total. The minimum absolute atomic E-state index is 0.174. The quantitative estimate of drug-likeness (QED) is 0.430. The summed E-state index contributed by atoms with van der Waals surface area (Å²) in [6.45, 7) is 0.897. The van der Waals surface area contributed by atoms with Crippen LogP contribution in [-0.4, -0.2) is 26.3 Å². The third-order valence-electron chi connectivity index (χ3n) is 0.979. The van der Waals surface area contributed by atoms with E-state index in [2.05, 4.69) is 4.74 Å². The van der Waals surface area contributed by atoms with Crippen molar-refractivity contribution in [1.82, 2.24) is 0 Å². The summed E-state index contributed by atoms with van der Waals surface area (Å²) in [6, 6.07) is 1.70. The lowest BCUT2D eigenvalue weighted by Crippen LogP contribution is -2.06. The van der Waals surface area contributed by atoms with Crippen molar-refractivity contribution in [3.63, 3.8) is 0 Å². The van der Waals surface area contributed by atoms with Crippen LogP contribution in [0.5, 0.6) is 0 Å². The van der Waals surface area contributed by atoms with Gasteiger partial charge in [-0.2, -0.15) is 5.26 Å². The second-order valence-corrected chi connectivity index (χ2v) is 1.90. The van der Waals surface area contributed by atoms with Crippen LogP contribution in [0.1, 0.15) is 12.8 Å². The average Bonchev–Trinajstić information content (AvgIpc) is 1.99. The Balaban J connectivity index is 3.12. The summed E-state index contributed by atoms with van der Waals surface area (Å²) >= 11 is 0. The van der Waals surface area contributed by atoms with Crippen LogP contribution in [0.4, 0.5) is 0 Å². The van der Waals surface area contributed by atoms with Crippen LogP contribution in [-0.2, 0) is 14.3 Å². The maximum Gasteiger partial charge on any atom is 0.320 e. The average molecular weight is 157 g/mol. The van der Waals surface area contributed by atoms with Crippen molar-refractivity contribution in [2.75, 3.05) is 20.3 Å². The number of methoxy groups -OCH3 is 1. The molecule has 0 heterocycles. The zero-order chi connectivity index (χ0) is 8.53. The van der Waals surface area contributed by atoms with Gasteiger partial charge in [0.2, 0.25) is 0 Å². The fourth-order valence-corrected chi connectivity index (χ4v) is 0.505. The number of carbonyl (C=O) groups excluding carboxylic acids is 1. The second kappa shape index (κ2) is 7.03. The van der Waals surface area contributed by atoms with Gasteiger partial charge in [-0.15, -0.1) is 0 Å². The van der Waals surface area contributed by atoms with E-state index in [4.69, 9.17) is 10.00 Å². The molecule has 0 aliphatic carbocycles. The van der Waals surface area contributed by atoms with Crippen LogP contribution >= 0.6 is 0 Å². The minimum Gasteiger partial charge on any atom is -0.465 e. The third kappa shape index (κ3) is 6.81. The Labute approximate surface area is 65.7 Å². The van der Waals surface area contributed by atoms with E-state index in [-0.39, 0.29) is 6.42 Å². The summed E-state index contributed by atoms with van der Waals surface area (Å²) in [7, 11) is 1.58. The lowest BCUT2D eigenvalue weighted by atomic mass is 10.4. The van der Waals surface area contributed by atoms with Crippen molar-refractivity contribution >= 4 is 5.97 Å². The summed E-state index contributed by atoms with van der Waals surface area (Å²) in [5.74, 6) is -0.469. The maximum atomic E-state index is 10.5. The Morgan fingerprint density at radius 3 is 2.82 bits per heavy atom. The van der Waals surface area contributed by atoms with Crippen LogP contribution in [0.2, 0.25) is 0 Å². The van der Waals surface area contributed by atoms with Crippen molar-refractivity contribution in [3.05, 3.63) is 0 Å². The molecule has 4 heteroatoms. The number of nitriles is 1. The van der Waals surface area contributed by atoms with E-state index in [9.17, 15) is 4.79 Å². The number of carbonyl (C=O) groups is 1. The SMILES string of the molecule is COCCCOC(=O)CC#N. The minimum atomic E-state index is -0.469. The van der Waals surface area contributed by atoms with Crippen LogP contribution < -0.4 is 0 Å². The number of nitrogens with zero attached hydrogens (tertiary/aromatic N) is 1. The summed E-state index contributed by atoms with van der Waals surface area (Å²) < 4.78 is 9.37. The van der Waals surface area contributed by atoms with Crippen LogP contribution in [0.25, 0.3) is 0 Å². The number of esters is 1. The number of hydrogen-bond acceptors (Lipinski definition) is 4. The Hall–Kier alpha value is -1.08. The molecule has 0 saturated heterocycles. The molecule has 0 fully saturated rings. The molecule has 0 spiro atoms. The van der Waals surface area contributed by atoms with E-state index >= 15 is 0 Å². The highest BCUT2D eigenvalue weighted by molar-refractivity contribution is 5.71. The summed E-state index contributed by atoms with van der Waals surface area (Å²) in [5.41, 5.74) is 0. The van der Waals surface area contributed by atoms with Gasteiger partial charge < -0.3 is 9.47 Å².